The maximum atomic E-state index is 12.3. The predicted molar refractivity (Wildman–Crippen MR) is 88.4 cm³/mol. The molecular weight excluding hydrogens is 306 g/mol. The topological polar surface area (TPSA) is 64.4 Å². The van der Waals surface area contributed by atoms with Gasteiger partial charge in [-0.3, -0.25) is 14.6 Å². The van der Waals surface area contributed by atoms with Crippen molar-refractivity contribution >= 4 is 11.7 Å². The molecule has 0 spiro atoms. The Morgan fingerprint density at radius 3 is 2.67 bits per heavy atom. The molecule has 6 nitrogen and oxygen atoms in total. The zero-order chi connectivity index (χ0) is 16.9. The molecular formula is C18H21N3O3. The largest absolute Gasteiger partial charge is 0.373 e. The SMILES string of the molecule is Cn1cccc1C(=O)C(=O)N1CCC(OCc2cccnc2)CC1. The van der Waals surface area contributed by atoms with Gasteiger partial charge in [0.2, 0.25) is 0 Å². The summed E-state index contributed by atoms with van der Waals surface area (Å²) in [6.45, 7) is 1.62. The van der Waals surface area contributed by atoms with Crippen LogP contribution in [0.25, 0.3) is 0 Å². The van der Waals surface area contributed by atoms with Gasteiger partial charge in [0.15, 0.2) is 0 Å². The molecule has 1 amide bonds. The number of ketones is 1. The van der Waals surface area contributed by atoms with Crippen LogP contribution in [0.1, 0.15) is 28.9 Å². The molecule has 24 heavy (non-hydrogen) atoms. The Morgan fingerprint density at radius 1 is 1.25 bits per heavy atom. The first-order chi connectivity index (χ1) is 11.6. The summed E-state index contributed by atoms with van der Waals surface area (Å²) in [7, 11) is 1.76. The maximum absolute atomic E-state index is 12.3. The molecule has 3 rings (SSSR count). The van der Waals surface area contributed by atoms with Gasteiger partial charge in [-0.15, -0.1) is 0 Å². The highest BCUT2D eigenvalue weighted by molar-refractivity contribution is 6.42. The van der Waals surface area contributed by atoms with Crippen molar-refractivity contribution in [2.75, 3.05) is 13.1 Å². The second-order valence-electron chi connectivity index (χ2n) is 6.00. The Morgan fingerprint density at radius 2 is 2.04 bits per heavy atom. The molecule has 0 unspecified atom stereocenters. The van der Waals surface area contributed by atoms with E-state index in [-0.39, 0.29) is 6.10 Å². The van der Waals surface area contributed by atoms with E-state index in [4.69, 9.17) is 4.74 Å². The zero-order valence-corrected chi connectivity index (χ0v) is 13.7. The van der Waals surface area contributed by atoms with Crippen LogP contribution in [0.15, 0.2) is 42.9 Å². The van der Waals surface area contributed by atoms with Crippen LogP contribution in [-0.2, 0) is 23.2 Å². The lowest BCUT2D eigenvalue weighted by Gasteiger charge is -2.31. The lowest BCUT2D eigenvalue weighted by Crippen LogP contribution is -2.44. The van der Waals surface area contributed by atoms with E-state index < -0.39 is 11.7 Å². The Labute approximate surface area is 141 Å². The van der Waals surface area contributed by atoms with Gasteiger partial charge in [0.1, 0.15) is 0 Å². The minimum absolute atomic E-state index is 0.111. The Kier molecular flexibility index (Phi) is 5.05. The van der Waals surface area contributed by atoms with Crippen molar-refractivity contribution in [1.82, 2.24) is 14.5 Å². The van der Waals surface area contributed by atoms with Gasteiger partial charge in [0, 0.05) is 38.7 Å². The third-order valence-corrected chi connectivity index (χ3v) is 4.31. The molecule has 0 aromatic carbocycles. The van der Waals surface area contributed by atoms with Gasteiger partial charge < -0.3 is 14.2 Å². The number of hydrogen-bond acceptors (Lipinski definition) is 4. The number of ether oxygens (including phenoxy) is 1. The number of hydrogen-bond donors (Lipinski definition) is 0. The van der Waals surface area contributed by atoms with Crippen LogP contribution in [0.4, 0.5) is 0 Å². The highest BCUT2D eigenvalue weighted by Gasteiger charge is 2.29. The van der Waals surface area contributed by atoms with E-state index in [1.165, 1.54) is 0 Å². The van der Waals surface area contributed by atoms with Gasteiger partial charge in [-0.25, -0.2) is 0 Å². The van der Waals surface area contributed by atoms with E-state index >= 15 is 0 Å². The smallest absolute Gasteiger partial charge is 0.296 e. The minimum atomic E-state index is -0.447. The number of piperidine rings is 1. The van der Waals surface area contributed by atoms with E-state index in [0.717, 1.165) is 18.4 Å². The van der Waals surface area contributed by atoms with Crippen LogP contribution < -0.4 is 0 Å². The Balaban J connectivity index is 1.49. The van der Waals surface area contributed by atoms with E-state index in [1.54, 1.807) is 47.2 Å². The summed E-state index contributed by atoms with van der Waals surface area (Å²) in [5.41, 5.74) is 1.46. The van der Waals surface area contributed by atoms with Crippen LogP contribution in [0.3, 0.4) is 0 Å². The zero-order valence-electron chi connectivity index (χ0n) is 13.7. The Hall–Kier alpha value is -2.47. The fraction of sp³-hybridized carbons (Fsp3) is 0.389. The molecule has 126 valence electrons. The number of likely N-dealkylation sites (tertiary alicyclic amines) is 1. The van der Waals surface area contributed by atoms with Crippen molar-refractivity contribution < 1.29 is 14.3 Å². The lowest BCUT2D eigenvalue weighted by atomic mass is 10.1. The van der Waals surface area contributed by atoms with Gasteiger partial charge in [-0.05, 0) is 36.6 Å². The third kappa shape index (κ3) is 3.71. The maximum Gasteiger partial charge on any atom is 0.296 e. The number of carbonyl (C=O) groups excluding carboxylic acids is 2. The molecule has 0 atom stereocenters. The van der Waals surface area contributed by atoms with Crippen LogP contribution in [0, 0.1) is 0 Å². The first-order valence-corrected chi connectivity index (χ1v) is 8.10. The van der Waals surface area contributed by atoms with Crippen molar-refractivity contribution in [1.29, 1.82) is 0 Å². The summed E-state index contributed by atoms with van der Waals surface area (Å²) in [4.78, 5) is 30.3. The molecule has 6 heteroatoms. The number of Topliss-reactive ketones (excluding diaryl/α,β-unsaturated/α-hetero) is 1. The number of carbonyl (C=O) groups is 2. The third-order valence-electron chi connectivity index (χ3n) is 4.31. The number of aromatic nitrogens is 2. The molecule has 1 aliphatic rings. The average molecular weight is 327 g/mol. The van der Waals surface area contributed by atoms with E-state index in [2.05, 4.69) is 4.98 Å². The molecule has 0 N–H and O–H groups in total. The number of amides is 1. The lowest BCUT2D eigenvalue weighted by molar-refractivity contribution is -0.129. The molecule has 1 aliphatic heterocycles. The molecule has 1 fully saturated rings. The van der Waals surface area contributed by atoms with Crippen molar-refractivity contribution in [2.45, 2.75) is 25.6 Å². The van der Waals surface area contributed by atoms with Crippen LogP contribution >= 0.6 is 0 Å². The molecule has 0 bridgehead atoms. The molecule has 0 saturated carbocycles. The van der Waals surface area contributed by atoms with Gasteiger partial charge in [-0.2, -0.15) is 0 Å². The summed E-state index contributed by atoms with van der Waals surface area (Å²) in [6.07, 6.45) is 6.88. The standard InChI is InChI=1S/C18H21N3O3/c1-20-9-3-5-16(20)17(22)18(23)21-10-6-15(7-11-21)24-13-14-4-2-8-19-12-14/h2-5,8-9,12,15H,6-7,10-11,13H2,1H3. The van der Waals surface area contributed by atoms with Crippen molar-refractivity contribution in [3.63, 3.8) is 0 Å². The van der Waals surface area contributed by atoms with E-state index in [9.17, 15) is 9.59 Å². The highest BCUT2D eigenvalue weighted by Crippen LogP contribution is 2.17. The molecule has 1 saturated heterocycles. The molecule has 0 radical (unpaired) electrons. The number of nitrogens with zero attached hydrogens (tertiary/aromatic N) is 3. The normalized spacial score (nSPS) is 15.5. The van der Waals surface area contributed by atoms with Crippen molar-refractivity contribution in [3.05, 3.63) is 54.1 Å². The minimum Gasteiger partial charge on any atom is -0.373 e. The van der Waals surface area contributed by atoms with E-state index in [0.29, 0.717) is 25.4 Å². The Bertz CT molecular complexity index is 703. The van der Waals surface area contributed by atoms with Gasteiger partial charge >= 0.3 is 0 Å². The average Bonchev–Trinajstić information content (AvgIpc) is 3.06. The monoisotopic (exact) mass is 327 g/mol. The van der Waals surface area contributed by atoms with Crippen LogP contribution in [0.2, 0.25) is 0 Å². The summed E-state index contributed by atoms with van der Waals surface area (Å²) in [5.74, 6) is -0.875. The second kappa shape index (κ2) is 7.40. The van der Waals surface area contributed by atoms with Crippen molar-refractivity contribution in [2.24, 2.45) is 7.05 Å². The molecule has 2 aromatic heterocycles. The predicted octanol–water partition coefficient (Wildman–Crippen LogP) is 1.81. The molecule has 3 heterocycles. The number of rotatable bonds is 5. The quantitative estimate of drug-likeness (QED) is 0.621. The highest BCUT2D eigenvalue weighted by atomic mass is 16.5. The van der Waals surface area contributed by atoms with Crippen molar-refractivity contribution in [3.8, 4) is 0 Å². The summed E-state index contributed by atoms with van der Waals surface area (Å²) >= 11 is 0. The van der Waals surface area contributed by atoms with Crippen LogP contribution in [0.5, 0.6) is 0 Å². The van der Waals surface area contributed by atoms with Crippen LogP contribution in [-0.4, -0.2) is 45.3 Å². The fourth-order valence-electron chi connectivity index (χ4n) is 2.87. The number of pyridine rings is 1. The first kappa shape index (κ1) is 16.4. The van der Waals surface area contributed by atoms with Gasteiger partial charge in [0.05, 0.1) is 18.4 Å². The van der Waals surface area contributed by atoms with E-state index in [1.807, 2.05) is 12.1 Å². The molecule has 0 aliphatic carbocycles. The van der Waals surface area contributed by atoms with Gasteiger partial charge in [0.25, 0.3) is 11.7 Å². The summed E-state index contributed by atoms with van der Waals surface area (Å²) < 4.78 is 7.55. The first-order valence-electron chi connectivity index (χ1n) is 8.10. The molecule has 2 aromatic rings. The fourth-order valence-corrected chi connectivity index (χ4v) is 2.87. The van der Waals surface area contributed by atoms with Gasteiger partial charge in [-0.1, -0.05) is 6.07 Å². The summed E-state index contributed by atoms with van der Waals surface area (Å²) in [6, 6.07) is 7.29. The second-order valence-corrected chi connectivity index (χ2v) is 6.00. The summed E-state index contributed by atoms with van der Waals surface area (Å²) in [5, 5.41) is 0. The number of aryl methyl sites for hydroxylation is 1.